The molecule has 1 unspecified atom stereocenters. The Morgan fingerprint density at radius 1 is 1.20 bits per heavy atom. The highest BCUT2D eigenvalue weighted by Crippen LogP contribution is 2.29. The van der Waals surface area contributed by atoms with Crippen LogP contribution >= 0.6 is 0 Å². The molecule has 1 atom stereocenters. The van der Waals surface area contributed by atoms with E-state index in [4.69, 9.17) is 4.74 Å². The lowest BCUT2D eigenvalue weighted by atomic mass is 10.0. The number of H-pyrrole nitrogens is 2. The fourth-order valence-electron chi connectivity index (χ4n) is 3.03. The second-order valence-corrected chi connectivity index (χ2v) is 6.12. The molecular weight excluding hydrogens is 318 g/mol. The van der Waals surface area contributed by atoms with Gasteiger partial charge in [-0.25, -0.2) is 5.10 Å². The van der Waals surface area contributed by atoms with Crippen molar-refractivity contribution in [2.24, 2.45) is 0 Å². The van der Waals surface area contributed by atoms with Crippen LogP contribution in [0.2, 0.25) is 0 Å². The Morgan fingerprint density at radius 3 is 2.96 bits per heavy atom. The molecule has 1 aromatic carbocycles. The normalized spacial score (nSPS) is 14.8. The SMILES string of the molecule is CC(Nc1cccc(-c2n[nH]c3c2COCC3)c1)c1ccc(=O)[nH]n1. The monoisotopic (exact) mass is 337 g/mol. The molecule has 128 valence electrons. The summed E-state index contributed by atoms with van der Waals surface area (Å²) in [5.41, 5.74) is 5.80. The number of nitrogens with one attached hydrogen (secondary N) is 3. The van der Waals surface area contributed by atoms with Gasteiger partial charge in [-0.3, -0.25) is 9.89 Å². The van der Waals surface area contributed by atoms with E-state index in [9.17, 15) is 4.79 Å². The molecule has 7 heteroatoms. The lowest BCUT2D eigenvalue weighted by Gasteiger charge is -2.15. The first-order valence-electron chi connectivity index (χ1n) is 8.27. The van der Waals surface area contributed by atoms with Crippen LogP contribution in [0.3, 0.4) is 0 Å². The van der Waals surface area contributed by atoms with Gasteiger partial charge in [0.05, 0.1) is 30.6 Å². The van der Waals surface area contributed by atoms with Crippen LogP contribution in [0.15, 0.2) is 41.2 Å². The van der Waals surface area contributed by atoms with Gasteiger partial charge in [0.15, 0.2) is 0 Å². The number of hydrogen-bond acceptors (Lipinski definition) is 5. The van der Waals surface area contributed by atoms with Crippen LogP contribution in [-0.4, -0.2) is 27.0 Å². The quantitative estimate of drug-likeness (QED) is 0.679. The van der Waals surface area contributed by atoms with Crippen molar-refractivity contribution in [2.45, 2.75) is 26.0 Å². The summed E-state index contributed by atoms with van der Waals surface area (Å²) >= 11 is 0. The molecule has 0 spiro atoms. The van der Waals surface area contributed by atoms with Crippen molar-refractivity contribution in [1.29, 1.82) is 0 Å². The Balaban J connectivity index is 1.58. The van der Waals surface area contributed by atoms with Crippen LogP contribution in [0.25, 0.3) is 11.3 Å². The van der Waals surface area contributed by atoms with Gasteiger partial charge in [0.2, 0.25) is 0 Å². The van der Waals surface area contributed by atoms with Crippen molar-refractivity contribution < 1.29 is 4.74 Å². The van der Waals surface area contributed by atoms with E-state index in [1.165, 1.54) is 6.07 Å². The lowest BCUT2D eigenvalue weighted by Crippen LogP contribution is -2.13. The molecule has 0 bridgehead atoms. The fourth-order valence-corrected chi connectivity index (χ4v) is 3.03. The summed E-state index contributed by atoms with van der Waals surface area (Å²) in [4.78, 5) is 11.1. The van der Waals surface area contributed by atoms with E-state index in [0.29, 0.717) is 6.61 Å². The van der Waals surface area contributed by atoms with Crippen LogP contribution in [-0.2, 0) is 17.8 Å². The minimum absolute atomic E-state index is 0.0384. The molecule has 2 aromatic heterocycles. The maximum atomic E-state index is 11.1. The zero-order chi connectivity index (χ0) is 17.2. The average molecular weight is 337 g/mol. The van der Waals surface area contributed by atoms with Gasteiger partial charge in [-0.05, 0) is 25.1 Å². The van der Waals surface area contributed by atoms with Gasteiger partial charge >= 0.3 is 0 Å². The Hall–Kier alpha value is -2.93. The maximum Gasteiger partial charge on any atom is 0.264 e. The number of ether oxygens (including phenoxy) is 1. The van der Waals surface area contributed by atoms with Crippen molar-refractivity contribution in [3.63, 3.8) is 0 Å². The molecule has 4 rings (SSSR count). The largest absolute Gasteiger partial charge is 0.377 e. The summed E-state index contributed by atoms with van der Waals surface area (Å²) in [6, 6.07) is 11.3. The van der Waals surface area contributed by atoms with Crippen molar-refractivity contribution in [2.75, 3.05) is 11.9 Å². The van der Waals surface area contributed by atoms with E-state index in [0.717, 1.165) is 46.9 Å². The van der Waals surface area contributed by atoms with E-state index in [1.807, 2.05) is 25.1 Å². The molecule has 25 heavy (non-hydrogen) atoms. The number of benzene rings is 1. The van der Waals surface area contributed by atoms with E-state index in [2.05, 4.69) is 31.8 Å². The molecule has 0 aliphatic carbocycles. The first-order chi connectivity index (χ1) is 12.2. The smallest absolute Gasteiger partial charge is 0.264 e. The van der Waals surface area contributed by atoms with Crippen LogP contribution in [0.4, 0.5) is 5.69 Å². The fraction of sp³-hybridized carbons (Fsp3) is 0.278. The zero-order valence-corrected chi connectivity index (χ0v) is 13.9. The molecule has 0 fully saturated rings. The van der Waals surface area contributed by atoms with Gasteiger partial charge in [-0.1, -0.05) is 12.1 Å². The van der Waals surface area contributed by atoms with E-state index in [1.54, 1.807) is 6.07 Å². The molecule has 1 aliphatic heterocycles. The molecule has 0 radical (unpaired) electrons. The summed E-state index contributed by atoms with van der Waals surface area (Å²) < 4.78 is 5.57. The van der Waals surface area contributed by atoms with E-state index >= 15 is 0 Å². The highest BCUT2D eigenvalue weighted by molar-refractivity contribution is 5.68. The first-order valence-corrected chi connectivity index (χ1v) is 8.27. The molecule has 1 aliphatic rings. The van der Waals surface area contributed by atoms with Crippen molar-refractivity contribution in [1.82, 2.24) is 20.4 Å². The minimum Gasteiger partial charge on any atom is -0.377 e. The van der Waals surface area contributed by atoms with Crippen LogP contribution in [0.1, 0.15) is 29.9 Å². The van der Waals surface area contributed by atoms with Crippen molar-refractivity contribution >= 4 is 5.69 Å². The third kappa shape index (κ3) is 3.18. The van der Waals surface area contributed by atoms with Gasteiger partial charge in [-0.15, -0.1) is 0 Å². The lowest BCUT2D eigenvalue weighted by molar-refractivity contribution is 0.110. The summed E-state index contributed by atoms with van der Waals surface area (Å²) in [6.45, 7) is 3.33. The molecule has 3 aromatic rings. The predicted molar refractivity (Wildman–Crippen MR) is 94.3 cm³/mol. The number of rotatable bonds is 4. The van der Waals surface area contributed by atoms with Crippen LogP contribution in [0, 0.1) is 0 Å². The van der Waals surface area contributed by atoms with Gasteiger partial charge in [0.25, 0.3) is 5.56 Å². The third-order valence-electron chi connectivity index (χ3n) is 4.36. The molecule has 0 saturated carbocycles. The number of fused-ring (bicyclic) bond motifs is 1. The average Bonchev–Trinajstić information content (AvgIpc) is 3.06. The van der Waals surface area contributed by atoms with Crippen LogP contribution < -0.4 is 10.9 Å². The maximum absolute atomic E-state index is 11.1. The third-order valence-corrected chi connectivity index (χ3v) is 4.36. The van der Waals surface area contributed by atoms with Gasteiger partial charge in [-0.2, -0.15) is 10.2 Å². The number of nitrogens with zero attached hydrogens (tertiary/aromatic N) is 2. The summed E-state index contributed by atoms with van der Waals surface area (Å²) in [5.74, 6) is 0. The second kappa shape index (κ2) is 6.52. The minimum atomic E-state index is -0.205. The van der Waals surface area contributed by atoms with Gasteiger partial charge in [0, 0.05) is 35.0 Å². The van der Waals surface area contributed by atoms with Gasteiger partial charge < -0.3 is 10.1 Å². The molecule has 3 N–H and O–H groups in total. The highest BCUT2D eigenvalue weighted by Gasteiger charge is 2.18. The Morgan fingerprint density at radius 2 is 2.12 bits per heavy atom. The number of hydrogen-bond donors (Lipinski definition) is 3. The van der Waals surface area contributed by atoms with Crippen molar-refractivity contribution in [3.05, 3.63) is 63.7 Å². The molecule has 7 nitrogen and oxygen atoms in total. The number of aromatic nitrogens is 4. The summed E-state index contributed by atoms with van der Waals surface area (Å²) in [5, 5.41) is 17.5. The number of anilines is 1. The van der Waals surface area contributed by atoms with Crippen molar-refractivity contribution in [3.8, 4) is 11.3 Å². The van der Waals surface area contributed by atoms with E-state index in [-0.39, 0.29) is 11.6 Å². The molecule has 0 amide bonds. The topological polar surface area (TPSA) is 95.7 Å². The Bertz CT molecular complexity index is 926. The Labute approximate surface area is 144 Å². The second-order valence-electron chi connectivity index (χ2n) is 6.12. The zero-order valence-electron chi connectivity index (χ0n) is 13.9. The van der Waals surface area contributed by atoms with E-state index < -0.39 is 0 Å². The standard InChI is InChI=1S/C18H19N5O2/c1-11(15-5-6-17(24)22-20-15)19-13-4-2-3-12(9-13)18-14-10-25-8-7-16(14)21-23-18/h2-6,9,11,19H,7-8,10H2,1H3,(H,21,23)(H,22,24). The molecule has 0 saturated heterocycles. The summed E-state index contributed by atoms with van der Waals surface area (Å²) in [7, 11) is 0. The highest BCUT2D eigenvalue weighted by atomic mass is 16.5. The first kappa shape index (κ1) is 15.6. The predicted octanol–water partition coefficient (Wildman–Crippen LogP) is 2.41. The van der Waals surface area contributed by atoms with Gasteiger partial charge in [0.1, 0.15) is 0 Å². The Kier molecular flexibility index (Phi) is 4.07. The molecule has 3 heterocycles. The summed E-state index contributed by atoms with van der Waals surface area (Å²) in [6.07, 6.45) is 0.870. The van der Waals surface area contributed by atoms with Crippen LogP contribution in [0.5, 0.6) is 0 Å². The molecular formula is C18H19N5O2. The number of aromatic amines is 2.